The SMILES string of the molecule is CCC(C)c1ccc(NC(N)=NCCN2CCC(N(C)C)CC2)cc1. The van der Waals surface area contributed by atoms with Gasteiger partial charge in [0.25, 0.3) is 0 Å². The fourth-order valence-corrected chi connectivity index (χ4v) is 3.29. The maximum Gasteiger partial charge on any atom is 0.193 e. The molecule has 3 N–H and O–H groups in total. The summed E-state index contributed by atoms with van der Waals surface area (Å²) in [5.41, 5.74) is 8.39. The van der Waals surface area contributed by atoms with Crippen LogP contribution in [-0.4, -0.2) is 62.1 Å². The molecule has 0 saturated carbocycles. The van der Waals surface area contributed by atoms with E-state index in [9.17, 15) is 0 Å². The Balaban J connectivity index is 1.73. The van der Waals surface area contributed by atoms with Crippen molar-refractivity contribution in [2.24, 2.45) is 10.7 Å². The molecule has 0 bridgehead atoms. The second kappa shape index (κ2) is 9.78. The molecule has 1 saturated heterocycles. The molecule has 1 aliphatic rings. The third kappa shape index (κ3) is 6.33. The lowest BCUT2D eigenvalue weighted by molar-refractivity contribution is 0.148. The highest BCUT2D eigenvalue weighted by atomic mass is 15.2. The van der Waals surface area contributed by atoms with Crippen LogP contribution < -0.4 is 11.1 Å². The van der Waals surface area contributed by atoms with Crippen LogP contribution in [0.5, 0.6) is 0 Å². The molecule has 0 spiro atoms. The Morgan fingerprint density at radius 2 is 1.92 bits per heavy atom. The standard InChI is InChI=1S/C20H35N5/c1-5-16(2)17-6-8-18(9-7-17)23-20(21)22-12-15-25-13-10-19(11-14-25)24(3)4/h6-9,16,19H,5,10-15H2,1-4H3,(H3,21,22,23). The lowest BCUT2D eigenvalue weighted by Gasteiger charge is -2.34. The summed E-state index contributed by atoms with van der Waals surface area (Å²) in [6.07, 6.45) is 3.64. The van der Waals surface area contributed by atoms with Crippen molar-refractivity contribution in [2.45, 2.75) is 45.1 Å². The van der Waals surface area contributed by atoms with Gasteiger partial charge in [-0.2, -0.15) is 0 Å². The average molecular weight is 346 g/mol. The van der Waals surface area contributed by atoms with E-state index in [0.29, 0.717) is 11.9 Å². The molecule has 1 atom stereocenters. The number of piperidine rings is 1. The number of benzene rings is 1. The molecule has 0 aliphatic carbocycles. The zero-order chi connectivity index (χ0) is 18.2. The van der Waals surface area contributed by atoms with Crippen LogP contribution >= 0.6 is 0 Å². The second-order valence-electron chi connectivity index (χ2n) is 7.36. The van der Waals surface area contributed by atoms with Crippen LogP contribution in [0.2, 0.25) is 0 Å². The van der Waals surface area contributed by atoms with Crippen molar-refractivity contribution in [3.05, 3.63) is 29.8 Å². The maximum atomic E-state index is 6.02. The van der Waals surface area contributed by atoms with E-state index in [1.165, 1.54) is 18.4 Å². The van der Waals surface area contributed by atoms with Crippen molar-refractivity contribution in [3.8, 4) is 0 Å². The van der Waals surface area contributed by atoms with Crippen molar-refractivity contribution in [3.63, 3.8) is 0 Å². The van der Waals surface area contributed by atoms with Gasteiger partial charge in [0.15, 0.2) is 5.96 Å². The van der Waals surface area contributed by atoms with Crippen molar-refractivity contribution in [1.29, 1.82) is 0 Å². The highest BCUT2D eigenvalue weighted by Crippen LogP contribution is 2.20. The van der Waals surface area contributed by atoms with Gasteiger partial charge in [0, 0.05) is 18.3 Å². The molecule has 5 nitrogen and oxygen atoms in total. The molecule has 0 radical (unpaired) electrons. The Labute approximate surface area is 153 Å². The summed E-state index contributed by atoms with van der Waals surface area (Å²) in [5.74, 6) is 1.09. The molecule has 140 valence electrons. The molecule has 1 unspecified atom stereocenters. The van der Waals surface area contributed by atoms with Gasteiger partial charge in [-0.15, -0.1) is 0 Å². The van der Waals surface area contributed by atoms with E-state index < -0.39 is 0 Å². The summed E-state index contributed by atoms with van der Waals surface area (Å²) in [6, 6.07) is 9.22. The molecular weight excluding hydrogens is 310 g/mol. The monoisotopic (exact) mass is 345 g/mol. The lowest BCUT2D eigenvalue weighted by Crippen LogP contribution is -2.42. The Morgan fingerprint density at radius 1 is 1.28 bits per heavy atom. The molecular formula is C20H35N5. The molecule has 1 heterocycles. The fourth-order valence-electron chi connectivity index (χ4n) is 3.29. The first-order valence-electron chi connectivity index (χ1n) is 9.55. The Morgan fingerprint density at radius 3 is 2.48 bits per heavy atom. The van der Waals surface area contributed by atoms with Gasteiger partial charge in [0.1, 0.15) is 0 Å². The number of likely N-dealkylation sites (tertiary alicyclic amines) is 1. The number of hydrogen-bond acceptors (Lipinski definition) is 3. The van der Waals surface area contributed by atoms with Crippen LogP contribution in [0.15, 0.2) is 29.3 Å². The molecule has 1 aromatic rings. The summed E-state index contributed by atoms with van der Waals surface area (Å²) >= 11 is 0. The normalized spacial score (nSPS) is 18.5. The summed E-state index contributed by atoms with van der Waals surface area (Å²) in [4.78, 5) is 9.29. The number of nitrogens with one attached hydrogen (secondary N) is 1. The summed E-state index contributed by atoms with van der Waals surface area (Å²) in [5, 5.41) is 3.19. The third-order valence-corrected chi connectivity index (χ3v) is 5.35. The van der Waals surface area contributed by atoms with E-state index in [2.05, 4.69) is 72.3 Å². The first-order chi connectivity index (χ1) is 12.0. The van der Waals surface area contributed by atoms with Crippen molar-refractivity contribution in [1.82, 2.24) is 9.80 Å². The van der Waals surface area contributed by atoms with Crippen molar-refractivity contribution in [2.75, 3.05) is 45.6 Å². The zero-order valence-electron chi connectivity index (χ0n) is 16.3. The van der Waals surface area contributed by atoms with Gasteiger partial charge in [0.2, 0.25) is 0 Å². The van der Waals surface area contributed by atoms with Crippen LogP contribution in [0, 0.1) is 0 Å². The molecule has 1 fully saturated rings. The van der Waals surface area contributed by atoms with Gasteiger partial charge in [0.05, 0.1) is 6.54 Å². The van der Waals surface area contributed by atoms with Crippen LogP contribution in [-0.2, 0) is 0 Å². The Bertz CT molecular complexity index is 530. The van der Waals surface area contributed by atoms with Gasteiger partial charge < -0.3 is 20.9 Å². The number of nitrogens with zero attached hydrogens (tertiary/aromatic N) is 3. The number of hydrogen-bond donors (Lipinski definition) is 2. The summed E-state index contributed by atoms with van der Waals surface area (Å²) in [7, 11) is 4.35. The van der Waals surface area contributed by atoms with Crippen LogP contribution in [0.4, 0.5) is 5.69 Å². The van der Waals surface area contributed by atoms with Gasteiger partial charge in [-0.25, -0.2) is 0 Å². The second-order valence-corrected chi connectivity index (χ2v) is 7.36. The topological polar surface area (TPSA) is 56.9 Å². The van der Waals surface area contributed by atoms with E-state index >= 15 is 0 Å². The smallest absolute Gasteiger partial charge is 0.193 e. The quantitative estimate of drug-likeness (QED) is 0.589. The average Bonchev–Trinajstić information content (AvgIpc) is 2.62. The maximum absolute atomic E-state index is 6.02. The number of rotatable bonds is 7. The van der Waals surface area contributed by atoms with Crippen molar-refractivity contribution >= 4 is 11.6 Å². The predicted octanol–water partition coefficient (Wildman–Crippen LogP) is 2.95. The first kappa shape index (κ1) is 19.7. The highest BCUT2D eigenvalue weighted by Gasteiger charge is 2.19. The highest BCUT2D eigenvalue weighted by molar-refractivity contribution is 5.92. The van der Waals surface area contributed by atoms with Crippen LogP contribution in [0.1, 0.15) is 44.6 Å². The van der Waals surface area contributed by atoms with Gasteiger partial charge in [-0.05, 0) is 70.1 Å². The molecule has 1 aromatic carbocycles. The van der Waals surface area contributed by atoms with Crippen LogP contribution in [0.25, 0.3) is 0 Å². The van der Waals surface area contributed by atoms with E-state index in [1.54, 1.807) is 0 Å². The first-order valence-corrected chi connectivity index (χ1v) is 9.55. The minimum atomic E-state index is 0.500. The molecule has 25 heavy (non-hydrogen) atoms. The summed E-state index contributed by atoms with van der Waals surface area (Å²) in [6.45, 7) is 8.50. The number of aliphatic imine (C=N–C) groups is 1. The molecule has 1 aliphatic heterocycles. The molecule has 2 rings (SSSR count). The van der Waals surface area contributed by atoms with Gasteiger partial charge in [-0.3, -0.25) is 4.99 Å². The molecule has 5 heteroatoms. The fraction of sp³-hybridized carbons (Fsp3) is 0.650. The summed E-state index contributed by atoms with van der Waals surface area (Å²) < 4.78 is 0. The predicted molar refractivity (Wildman–Crippen MR) is 108 cm³/mol. The molecule has 0 amide bonds. The number of guanidine groups is 1. The Hall–Kier alpha value is -1.59. The van der Waals surface area contributed by atoms with Crippen LogP contribution in [0.3, 0.4) is 0 Å². The lowest BCUT2D eigenvalue weighted by atomic mass is 9.99. The zero-order valence-corrected chi connectivity index (χ0v) is 16.3. The van der Waals surface area contributed by atoms with E-state index in [4.69, 9.17) is 5.73 Å². The minimum absolute atomic E-state index is 0.500. The number of anilines is 1. The van der Waals surface area contributed by atoms with Gasteiger partial charge >= 0.3 is 0 Å². The minimum Gasteiger partial charge on any atom is -0.370 e. The molecule has 0 aromatic heterocycles. The van der Waals surface area contributed by atoms with Crippen molar-refractivity contribution < 1.29 is 0 Å². The largest absolute Gasteiger partial charge is 0.370 e. The van der Waals surface area contributed by atoms with E-state index in [-0.39, 0.29) is 0 Å². The van der Waals surface area contributed by atoms with E-state index in [1.807, 2.05) is 0 Å². The third-order valence-electron chi connectivity index (χ3n) is 5.35. The Kier molecular flexibility index (Phi) is 7.72. The van der Waals surface area contributed by atoms with E-state index in [0.717, 1.165) is 44.3 Å². The number of nitrogens with two attached hydrogens (primary N) is 1. The van der Waals surface area contributed by atoms with Gasteiger partial charge in [-0.1, -0.05) is 26.0 Å².